The van der Waals surface area contributed by atoms with Crippen LogP contribution in [0, 0.1) is 6.92 Å². The normalized spacial score (nSPS) is 10.7. The first-order valence-corrected chi connectivity index (χ1v) is 7.24. The Labute approximate surface area is 138 Å². The molecule has 0 saturated heterocycles. The predicted molar refractivity (Wildman–Crippen MR) is 88.0 cm³/mol. The average Bonchev–Trinajstić information content (AvgIpc) is 2.91. The second kappa shape index (κ2) is 7.60. The first kappa shape index (κ1) is 16.8. The first-order valence-electron chi connectivity index (χ1n) is 6.86. The van der Waals surface area contributed by atoms with Crippen LogP contribution in [0.5, 0.6) is 0 Å². The largest absolute Gasteiger partial charge is 0.360 e. The summed E-state index contributed by atoms with van der Waals surface area (Å²) < 4.78 is 4.85. The van der Waals surface area contributed by atoms with E-state index in [-0.39, 0.29) is 18.4 Å². The van der Waals surface area contributed by atoms with E-state index >= 15 is 0 Å². The Morgan fingerprint density at radius 3 is 2.65 bits per heavy atom. The Kier molecular flexibility index (Phi) is 5.54. The number of benzene rings is 1. The third kappa shape index (κ3) is 5.27. The van der Waals surface area contributed by atoms with E-state index in [1.807, 2.05) is 0 Å². The van der Waals surface area contributed by atoms with Gasteiger partial charge in [0.05, 0.1) is 6.54 Å². The number of nitrogens with one attached hydrogen (secondary N) is 1. The highest BCUT2D eigenvalue weighted by Crippen LogP contribution is 2.11. The molecule has 0 fully saturated rings. The fourth-order valence-electron chi connectivity index (χ4n) is 1.77. The lowest BCUT2D eigenvalue weighted by Gasteiger charge is -2.13. The molecule has 0 saturated carbocycles. The first-order chi connectivity index (χ1) is 10.9. The monoisotopic (exact) mass is 333 g/mol. The Morgan fingerprint density at radius 1 is 1.35 bits per heavy atom. The van der Waals surface area contributed by atoms with E-state index in [9.17, 15) is 9.59 Å². The van der Waals surface area contributed by atoms with Gasteiger partial charge in [-0.3, -0.25) is 9.59 Å². The number of nitrogens with zero attached hydrogens (tertiary/aromatic N) is 2. The van der Waals surface area contributed by atoms with Gasteiger partial charge in [0.1, 0.15) is 5.76 Å². The van der Waals surface area contributed by atoms with Crippen LogP contribution in [0.25, 0.3) is 6.08 Å². The predicted octanol–water partition coefficient (Wildman–Crippen LogP) is 2.75. The van der Waals surface area contributed by atoms with Crippen molar-refractivity contribution in [3.8, 4) is 0 Å². The summed E-state index contributed by atoms with van der Waals surface area (Å²) in [6.07, 6.45) is 3.06. The molecular weight excluding hydrogens is 318 g/mol. The fourth-order valence-corrected chi connectivity index (χ4v) is 1.90. The number of hydrogen-bond donors (Lipinski definition) is 1. The molecule has 0 aliphatic rings. The van der Waals surface area contributed by atoms with Crippen molar-refractivity contribution in [2.75, 3.05) is 18.9 Å². The summed E-state index contributed by atoms with van der Waals surface area (Å²) in [5.74, 6) is 0.279. The number of likely N-dealkylation sites (N-methyl/N-ethyl adjacent to an activating group) is 1. The van der Waals surface area contributed by atoms with Gasteiger partial charge in [-0.1, -0.05) is 28.9 Å². The number of hydrogen-bond acceptors (Lipinski definition) is 4. The summed E-state index contributed by atoms with van der Waals surface area (Å²) >= 11 is 5.79. The van der Waals surface area contributed by atoms with Gasteiger partial charge in [-0.25, -0.2) is 0 Å². The minimum atomic E-state index is -0.353. The van der Waals surface area contributed by atoms with Gasteiger partial charge < -0.3 is 14.7 Å². The molecule has 2 amide bonds. The van der Waals surface area contributed by atoms with Gasteiger partial charge in [-0.2, -0.15) is 0 Å². The molecule has 0 radical (unpaired) electrons. The molecule has 0 bridgehead atoms. The molecule has 23 heavy (non-hydrogen) atoms. The topological polar surface area (TPSA) is 75.4 Å². The lowest BCUT2D eigenvalue weighted by molar-refractivity contribution is -0.129. The summed E-state index contributed by atoms with van der Waals surface area (Å²) in [6.45, 7) is 1.63. The van der Waals surface area contributed by atoms with Crippen molar-refractivity contribution in [1.29, 1.82) is 0 Å². The molecule has 0 aliphatic carbocycles. The number of aryl methyl sites for hydroxylation is 1. The number of anilines is 1. The van der Waals surface area contributed by atoms with E-state index in [2.05, 4.69) is 10.5 Å². The van der Waals surface area contributed by atoms with Crippen molar-refractivity contribution in [3.63, 3.8) is 0 Å². The van der Waals surface area contributed by atoms with Gasteiger partial charge in [0.2, 0.25) is 11.8 Å². The van der Waals surface area contributed by atoms with Crippen molar-refractivity contribution in [3.05, 3.63) is 52.8 Å². The quantitative estimate of drug-likeness (QED) is 0.854. The van der Waals surface area contributed by atoms with E-state index in [1.54, 1.807) is 50.4 Å². The van der Waals surface area contributed by atoms with Gasteiger partial charge in [-0.05, 0) is 30.7 Å². The van der Waals surface area contributed by atoms with Gasteiger partial charge in [-0.15, -0.1) is 0 Å². The third-order valence-electron chi connectivity index (χ3n) is 2.94. The lowest BCUT2D eigenvalue weighted by Crippen LogP contribution is -2.33. The van der Waals surface area contributed by atoms with Crippen LogP contribution >= 0.6 is 11.6 Å². The standard InChI is InChI=1S/C16H16ClN3O3/c1-11-9-14(19-23-11)18-15(21)10-20(2)16(22)8-5-12-3-6-13(17)7-4-12/h3-9H,10H2,1-2H3,(H,18,19,21)/b8-5+. The fraction of sp³-hybridized carbons (Fsp3) is 0.188. The summed E-state index contributed by atoms with van der Waals surface area (Å²) in [7, 11) is 1.54. The highest BCUT2D eigenvalue weighted by Gasteiger charge is 2.12. The Morgan fingerprint density at radius 2 is 2.04 bits per heavy atom. The van der Waals surface area contributed by atoms with Crippen molar-refractivity contribution in [1.82, 2.24) is 10.1 Å². The molecule has 1 aromatic carbocycles. The van der Waals surface area contributed by atoms with Crippen LogP contribution in [0.3, 0.4) is 0 Å². The number of rotatable bonds is 5. The van der Waals surface area contributed by atoms with Crippen molar-refractivity contribution >= 4 is 35.3 Å². The van der Waals surface area contributed by atoms with Crippen molar-refractivity contribution in [2.45, 2.75) is 6.92 Å². The molecule has 0 spiro atoms. The van der Waals surface area contributed by atoms with Gasteiger partial charge in [0, 0.05) is 24.2 Å². The van der Waals surface area contributed by atoms with Crippen LogP contribution in [-0.4, -0.2) is 35.5 Å². The van der Waals surface area contributed by atoms with Crippen LogP contribution in [0.1, 0.15) is 11.3 Å². The van der Waals surface area contributed by atoms with Crippen LogP contribution in [-0.2, 0) is 9.59 Å². The number of halogens is 1. The average molecular weight is 334 g/mol. The zero-order valence-electron chi connectivity index (χ0n) is 12.7. The van der Waals surface area contributed by atoms with E-state index < -0.39 is 0 Å². The van der Waals surface area contributed by atoms with Crippen LogP contribution in [0.4, 0.5) is 5.82 Å². The zero-order valence-corrected chi connectivity index (χ0v) is 13.5. The summed E-state index contributed by atoms with van der Waals surface area (Å²) in [6, 6.07) is 8.67. The highest BCUT2D eigenvalue weighted by atomic mass is 35.5. The molecule has 1 aromatic heterocycles. The Bertz CT molecular complexity index is 722. The van der Waals surface area contributed by atoms with Gasteiger partial charge in [0.25, 0.3) is 0 Å². The molecule has 6 nitrogen and oxygen atoms in total. The van der Waals surface area contributed by atoms with E-state index in [0.29, 0.717) is 16.6 Å². The zero-order chi connectivity index (χ0) is 16.8. The maximum Gasteiger partial charge on any atom is 0.246 e. The van der Waals surface area contributed by atoms with E-state index in [1.165, 1.54) is 11.0 Å². The molecule has 0 aliphatic heterocycles. The molecule has 0 unspecified atom stereocenters. The summed E-state index contributed by atoms with van der Waals surface area (Å²) in [5.41, 5.74) is 0.846. The lowest BCUT2D eigenvalue weighted by atomic mass is 10.2. The summed E-state index contributed by atoms with van der Waals surface area (Å²) in [4.78, 5) is 25.1. The molecule has 0 atom stereocenters. The highest BCUT2D eigenvalue weighted by molar-refractivity contribution is 6.30. The van der Waals surface area contributed by atoms with Gasteiger partial charge >= 0.3 is 0 Å². The Balaban J connectivity index is 1.86. The molecular formula is C16H16ClN3O3. The SMILES string of the molecule is Cc1cc(NC(=O)CN(C)C(=O)/C=C/c2ccc(Cl)cc2)no1. The number of carbonyl (C=O) groups is 2. The molecule has 2 rings (SSSR count). The maximum atomic E-state index is 12.0. The van der Waals surface area contributed by atoms with E-state index in [4.69, 9.17) is 16.1 Å². The molecule has 2 aromatic rings. The second-order valence-electron chi connectivity index (χ2n) is 4.95. The minimum Gasteiger partial charge on any atom is -0.360 e. The molecule has 1 N–H and O–H groups in total. The van der Waals surface area contributed by atoms with Gasteiger partial charge in [0.15, 0.2) is 5.82 Å². The van der Waals surface area contributed by atoms with Crippen LogP contribution < -0.4 is 5.32 Å². The third-order valence-corrected chi connectivity index (χ3v) is 3.19. The number of carbonyl (C=O) groups excluding carboxylic acids is 2. The van der Waals surface area contributed by atoms with Crippen LogP contribution in [0.2, 0.25) is 5.02 Å². The minimum absolute atomic E-state index is 0.0876. The van der Waals surface area contributed by atoms with Crippen molar-refractivity contribution in [2.24, 2.45) is 0 Å². The van der Waals surface area contributed by atoms with Crippen LogP contribution in [0.15, 0.2) is 40.9 Å². The second-order valence-corrected chi connectivity index (χ2v) is 5.39. The number of amides is 2. The molecule has 120 valence electrons. The Hall–Kier alpha value is -2.60. The van der Waals surface area contributed by atoms with E-state index in [0.717, 1.165) is 5.56 Å². The summed E-state index contributed by atoms with van der Waals surface area (Å²) in [5, 5.41) is 6.84. The smallest absolute Gasteiger partial charge is 0.246 e. The maximum absolute atomic E-state index is 12.0. The molecule has 1 heterocycles. The molecule has 7 heteroatoms. The number of aromatic nitrogens is 1. The van der Waals surface area contributed by atoms with Crippen molar-refractivity contribution < 1.29 is 14.1 Å².